The molecule has 1 fully saturated rings. The Bertz CT molecular complexity index is 2010. The molecule has 53 heavy (non-hydrogen) atoms. The van der Waals surface area contributed by atoms with Crippen molar-refractivity contribution >= 4 is 23.3 Å². The number of nitrogens with zero attached hydrogens (tertiary/aromatic N) is 8. The van der Waals surface area contributed by atoms with Crippen LogP contribution < -0.4 is 19.7 Å². The number of likely N-dealkylation sites (N-methyl/N-ethyl adjacent to an activating group) is 1. The van der Waals surface area contributed by atoms with Crippen molar-refractivity contribution in [1.82, 2.24) is 34.3 Å². The number of pyridine rings is 2. The van der Waals surface area contributed by atoms with E-state index in [0.29, 0.717) is 30.5 Å². The van der Waals surface area contributed by atoms with E-state index in [1.807, 2.05) is 44.6 Å². The van der Waals surface area contributed by atoms with E-state index >= 15 is 0 Å². The van der Waals surface area contributed by atoms with E-state index in [-0.39, 0.29) is 17.4 Å². The molecule has 12 nitrogen and oxygen atoms in total. The predicted molar refractivity (Wildman–Crippen MR) is 207 cm³/mol. The van der Waals surface area contributed by atoms with Crippen molar-refractivity contribution in [1.29, 1.82) is 0 Å². The van der Waals surface area contributed by atoms with Gasteiger partial charge in [-0.25, -0.2) is 4.68 Å². The zero-order chi connectivity index (χ0) is 37.0. The van der Waals surface area contributed by atoms with Crippen molar-refractivity contribution < 1.29 is 14.3 Å². The molecule has 0 bridgehead atoms. The number of fused-ring (bicyclic) bond motifs is 2. The average Bonchev–Trinajstić information content (AvgIpc) is 3.77. The monoisotopic (exact) mass is 719 g/mol. The molecule has 1 amide bonds. The molecule has 1 N–H and O–H groups in total. The first-order valence-electron chi connectivity index (χ1n) is 19.1. The summed E-state index contributed by atoms with van der Waals surface area (Å²) >= 11 is 0. The summed E-state index contributed by atoms with van der Waals surface area (Å²) in [5.41, 5.74) is 4.79. The number of ether oxygens (including phenoxy) is 2. The van der Waals surface area contributed by atoms with E-state index in [9.17, 15) is 4.79 Å². The van der Waals surface area contributed by atoms with Crippen LogP contribution in [0.3, 0.4) is 0 Å². The van der Waals surface area contributed by atoms with Gasteiger partial charge in [0.2, 0.25) is 11.9 Å². The number of hydrogen-bond acceptors (Lipinski definition) is 9. The van der Waals surface area contributed by atoms with Gasteiger partial charge >= 0.3 is 0 Å². The van der Waals surface area contributed by atoms with Gasteiger partial charge in [0.15, 0.2) is 5.65 Å². The number of rotatable bonds is 13. The molecular formula is C41H53N9O3. The van der Waals surface area contributed by atoms with E-state index < -0.39 is 0 Å². The van der Waals surface area contributed by atoms with Gasteiger partial charge in [-0.3, -0.25) is 14.2 Å². The third-order valence-electron chi connectivity index (χ3n) is 10.3. The lowest BCUT2D eigenvalue weighted by Crippen LogP contribution is -2.31. The lowest BCUT2D eigenvalue weighted by molar-refractivity contribution is -0.116. The lowest BCUT2D eigenvalue weighted by Gasteiger charge is -2.32. The molecule has 2 aliphatic rings. The minimum Gasteiger partial charge on any atom is -0.491 e. The van der Waals surface area contributed by atoms with E-state index in [0.717, 1.165) is 74.0 Å². The molecule has 1 unspecified atom stereocenters. The predicted octanol–water partition coefficient (Wildman–Crippen LogP) is 7.34. The molecule has 1 aromatic carbocycles. The van der Waals surface area contributed by atoms with Crippen LogP contribution in [0.2, 0.25) is 0 Å². The van der Waals surface area contributed by atoms with E-state index in [1.54, 1.807) is 17.1 Å². The first-order chi connectivity index (χ1) is 25.6. The molecule has 5 heterocycles. The molecule has 5 aromatic rings. The van der Waals surface area contributed by atoms with Crippen LogP contribution >= 0.6 is 0 Å². The molecule has 1 saturated heterocycles. The fraction of sp³-hybridized carbons (Fsp3) is 0.488. The van der Waals surface area contributed by atoms with Gasteiger partial charge in [-0.2, -0.15) is 5.10 Å². The number of carbonyl (C=O) groups is 1. The van der Waals surface area contributed by atoms with Gasteiger partial charge in [0.25, 0.3) is 0 Å². The number of hydrogen-bond donors (Lipinski definition) is 1. The van der Waals surface area contributed by atoms with Gasteiger partial charge in [0.1, 0.15) is 30.0 Å². The lowest BCUT2D eigenvalue weighted by atomic mass is 9.79. The summed E-state index contributed by atoms with van der Waals surface area (Å²) in [7, 11) is 4.02. The Kier molecular flexibility index (Phi) is 11.0. The number of carbonyl (C=O) groups excluding carboxylic acids is 1. The van der Waals surface area contributed by atoms with Crippen molar-refractivity contribution in [3.05, 3.63) is 83.9 Å². The molecule has 7 rings (SSSR count). The molecule has 1 aliphatic heterocycles. The van der Waals surface area contributed by atoms with E-state index in [2.05, 4.69) is 79.7 Å². The molecule has 2 atom stereocenters. The first-order valence-corrected chi connectivity index (χ1v) is 19.1. The third-order valence-corrected chi connectivity index (χ3v) is 10.3. The highest BCUT2D eigenvalue weighted by Gasteiger charge is 2.29. The van der Waals surface area contributed by atoms with Crippen molar-refractivity contribution in [2.75, 3.05) is 50.6 Å². The maximum atomic E-state index is 13.4. The quantitative estimate of drug-likeness (QED) is 0.133. The Morgan fingerprint density at radius 2 is 1.77 bits per heavy atom. The van der Waals surface area contributed by atoms with Crippen LogP contribution in [0, 0.1) is 0 Å². The molecule has 0 saturated carbocycles. The Balaban J connectivity index is 0.989. The maximum Gasteiger partial charge on any atom is 0.231 e. The van der Waals surface area contributed by atoms with Crippen LogP contribution in [-0.4, -0.2) is 80.5 Å². The minimum absolute atomic E-state index is 0.0310. The zero-order valence-electron chi connectivity index (χ0n) is 31.8. The normalized spacial score (nSPS) is 17.6. The first kappa shape index (κ1) is 36.4. The fourth-order valence-electron chi connectivity index (χ4n) is 7.36. The molecule has 1 aliphatic carbocycles. The van der Waals surface area contributed by atoms with Gasteiger partial charge in [0.05, 0.1) is 30.0 Å². The summed E-state index contributed by atoms with van der Waals surface area (Å²) in [5.74, 6) is 3.33. The van der Waals surface area contributed by atoms with E-state index in [4.69, 9.17) is 14.6 Å². The highest BCUT2D eigenvalue weighted by atomic mass is 16.5. The summed E-state index contributed by atoms with van der Waals surface area (Å²) in [5, 5.41) is 17.0. The van der Waals surface area contributed by atoms with E-state index in [1.165, 1.54) is 30.4 Å². The molecule has 12 heteroatoms. The molecule has 0 spiro atoms. The Morgan fingerprint density at radius 3 is 2.57 bits per heavy atom. The second-order valence-electron chi connectivity index (χ2n) is 15.7. The number of anilines is 2. The van der Waals surface area contributed by atoms with Crippen LogP contribution in [0.5, 0.6) is 11.5 Å². The SMILES string of the molecule is CN(C)CCOc1cncc(-n2nc(C(C)(C)C)cc2NC(=O)CCCC2CC[C@@H](Oc3ccc4nnc(N5CCCCC5)n4c3)c3ccccc32)c1. The zero-order valence-corrected chi connectivity index (χ0v) is 31.8. The van der Waals surface area contributed by atoms with Gasteiger partial charge in [-0.1, -0.05) is 45.0 Å². The van der Waals surface area contributed by atoms with Gasteiger partial charge < -0.3 is 24.6 Å². The number of amides is 1. The van der Waals surface area contributed by atoms with Crippen LogP contribution in [0.15, 0.2) is 67.1 Å². The second-order valence-corrected chi connectivity index (χ2v) is 15.7. The summed E-state index contributed by atoms with van der Waals surface area (Å²) in [6.45, 7) is 9.70. The van der Waals surface area contributed by atoms with Crippen molar-refractivity contribution in [2.24, 2.45) is 0 Å². The highest BCUT2D eigenvalue weighted by molar-refractivity contribution is 5.90. The van der Waals surface area contributed by atoms with Crippen molar-refractivity contribution in [2.45, 2.75) is 89.6 Å². The molecular weight excluding hydrogens is 667 g/mol. The van der Waals surface area contributed by atoms with Gasteiger partial charge in [-0.15, -0.1) is 10.2 Å². The second kappa shape index (κ2) is 16.0. The molecule has 0 radical (unpaired) electrons. The Labute approximate surface area is 312 Å². The van der Waals surface area contributed by atoms with Gasteiger partial charge in [-0.05, 0) is 88.2 Å². The summed E-state index contributed by atoms with van der Waals surface area (Å²) < 4.78 is 16.4. The summed E-state index contributed by atoms with van der Waals surface area (Å²) in [6, 6.07) is 16.5. The van der Waals surface area contributed by atoms with Crippen LogP contribution in [0.1, 0.15) is 101 Å². The number of nitrogens with one attached hydrogen (secondary N) is 1. The molecule has 4 aromatic heterocycles. The van der Waals surface area contributed by atoms with Crippen LogP contribution in [-0.2, 0) is 10.2 Å². The Hall–Kier alpha value is -4.97. The topological polar surface area (TPSA) is 115 Å². The number of aromatic nitrogens is 6. The Morgan fingerprint density at radius 1 is 0.962 bits per heavy atom. The third kappa shape index (κ3) is 8.64. The van der Waals surface area contributed by atoms with Crippen molar-refractivity contribution in [3.63, 3.8) is 0 Å². The minimum atomic E-state index is -0.201. The number of piperidine rings is 1. The highest BCUT2D eigenvalue weighted by Crippen LogP contribution is 2.42. The fourth-order valence-corrected chi connectivity index (χ4v) is 7.36. The number of benzene rings is 1. The van der Waals surface area contributed by atoms with Gasteiger partial charge in [0, 0.05) is 43.6 Å². The molecule has 280 valence electrons. The largest absolute Gasteiger partial charge is 0.491 e. The standard InChI is InChI=1S/C41H53N9O3/c1-41(2,3)36-25-38(50(46-36)30-24-32(27-42-26-30)52-23-22-47(4)5)43-39(51)15-11-12-29-16-18-35(34-14-8-7-13-33(29)34)53-31-17-19-37-44-45-40(49(37)28-31)48-20-9-6-10-21-48/h7-8,13-14,17,19,24-29,35H,6,9-12,15-16,18,20-23H2,1-5H3,(H,43,51)/t29?,35-/m1/s1. The summed E-state index contributed by atoms with van der Waals surface area (Å²) in [4.78, 5) is 22.2. The summed E-state index contributed by atoms with van der Waals surface area (Å²) in [6.07, 6.45) is 13.1. The average molecular weight is 720 g/mol. The van der Waals surface area contributed by atoms with Crippen molar-refractivity contribution in [3.8, 4) is 17.2 Å². The smallest absolute Gasteiger partial charge is 0.231 e. The van der Waals surface area contributed by atoms with Crippen LogP contribution in [0.25, 0.3) is 11.3 Å². The maximum absolute atomic E-state index is 13.4. The van der Waals surface area contributed by atoms with Crippen LogP contribution in [0.4, 0.5) is 11.8 Å².